The third kappa shape index (κ3) is 3.05. The third-order valence-electron chi connectivity index (χ3n) is 4.70. The van der Waals surface area contributed by atoms with E-state index in [9.17, 15) is 4.79 Å². The van der Waals surface area contributed by atoms with Crippen molar-refractivity contribution in [3.05, 3.63) is 29.8 Å². The van der Waals surface area contributed by atoms with E-state index in [4.69, 9.17) is 4.74 Å². The van der Waals surface area contributed by atoms with Crippen molar-refractivity contribution in [2.24, 2.45) is 11.3 Å². The van der Waals surface area contributed by atoms with Crippen LogP contribution in [0.4, 0.5) is 0 Å². The maximum Gasteiger partial charge on any atom is 0.228 e. The zero-order valence-electron chi connectivity index (χ0n) is 13.4. The maximum absolute atomic E-state index is 12.8. The molecule has 2 unspecified atom stereocenters. The fourth-order valence-corrected chi connectivity index (χ4v) is 3.10. The summed E-state index contributed by atoms with van der Waals surface area (Å²) >= 11 is 0. The smallest absolute Gasteiger partial charge is 0.228 e. The lowest BCUT2D eigenvalue weighted by Crippen LogP contribution is -2.46. The number of amides is 1. The van der Waals surface area contributed by atoms with Crippen LogP contribution in [0.5, 0.6) is 5.75 Å². The molecule has 1 aliphatic heterocycles. The van der Waals surface area contributed by atoms with E-state index in [0.717, 1.165) is 30.8 Å². The van der Waals surface area contributed by atoms with E-state index in [2.05, 4.69) is 24.5 Å². The first kappa shape index (κ1) is 15.8. The van der Waals surface area contributed by atoms with Crippen LogP contribution in [0.2, 0.25) is 0 Å². The number of benzene rings is 1. The number of ether oxygens (including phenoxy) is 1. The van der Waals surface area contributed by atoms with Gasteiger partial charge in [0.05, 0.1) is 18.6 Å². The fourth-order valence-electron chi connectivity index (χ4n) is 3.10. The second-order valence-corrected chi connectivity index (χ2v) is 6.17. The van der Waals surface area contributed by atoms with E-state index >= 15 is 0 Å². The predicted octanol–water partition coefficient (Wildman–Crippen LogP) is 2.51. The van der Waals surface area contributed by atoms with Crippen molar-refractivity contribution in [1.29, 1.82) is 0 Å². The molecule has 1 fully saturated rings. The molecule has 0 radical (unpaired) electrons. The number of hydrogen-bond donors (Lipinski definition) is 2. The quantitative estimate of drug-likeness (QED) is 0.876. The molecular formula is C17H26N2O2. The Morgan fingerprint density at radius 2 is 2.05 bits per heavy atom. The normalized spacial score (nSPS) is 23.1. The summed E-state index contributed by atoms with van der Waals surface area (Å²) in [7, 11) is 1.66. The van der Waals surface area contributed by atoms with Crippen LogP contribution in [-0.4, -0.2) is 26.1 Å². The first-order valence-electron chi connectivity index (χ1n) is 7.66. The molecule has 0 spiro atoms. The summed E-state index contributed by atoms with van der Waals surface area (Å²) in [5.74, 6) is 1.27. The maximum atomic E-state index is 12.8. The van der Waals surface area contributed by atoms with Crippen molar-refractivity contribution in [2.45, 2.75) is 33.2 Å². The van der Waals surface area contributed by atoms with Crippen molar-refractivity contribution >= 4 is 5.91 Å². The molecule has 2 atom stereocenters. The third-order valence-corrected chi connectivity index (χ3v) is 4.70. The van der Waals surface area contributed by atoms with Crippen LogP contribution in [-0.2, 0) is 4.79 Å². The zero-order valence-corrected chi connectivity index (χ0v) is 13.4. The summed E-state index contributed by atoms with van der Waals surface area (Å²) in [5.41, 5.74) is 0.717. The SMILES string of the molecule is COc1ccccc1C(C)NC(=O)C1(C(C)C)CCNC1. The average molecular weight is 290 g/mol. The van der Waals surface area contributed by atoms with Crippen LogP contribution in [0.25, 0.3) is 0 Å². The van der Waals surface area contributed by atoms with Gasteiger partial charge in [0.2, 0.25) is 5.91 Å². The summed E-state index contributed by atoms with van der Waals surface area (Å²) in [4.78, 5) is 12.8. The second kappa shape index (κ2) is 6.48. The number of rotatable bonds is 5. The zero-order chi connectivity index (χ0) is 15.5. The Hall–Kier alpha value is -1.55. The number of carbonyl (C=O) groups is 1. The minimum absolute atomic E-state index is 0.0649. The molecule has 1 heterocycles. The lowest BCUT2D eigenvalue weighted by atomic mass is 9.75. The molecule has 0 aromatic heterocycles. The Labute approximate surface area is 127 Å². The first-order chi connectivity index (χ1) is 10.0. The van der Waals surface area contributed by atoms with E-state index < -0.39 is 0 Å². The second-order valence-electron chi connectivity index (χ2n) is 6.17. The van der Waals surface area contributed by atoms with Gasteiger partial charge in [0.15, 0.2) is 0 Å². The van der Waals surface area contributed by atoms with Crippen molar-refractivity contribution in [1.82, 2.24) is 10.6 Å². The molecule has 4 nitrogen and oxygen atoms in total. The molecule has 1 aliphatic rings. The molecule has 1 amide bonds. The highest BCUT2D eigenvalue weighted by atomic mass is 16.5. The Morgan fingerprint density at radius 3 is 2.62 bits per heavy atom. The highest BCUT2D eigenvalue weighted by Crippen LogP contribution is 2.35. The minimum atomic E-state index is -0.295. The van der Waals surface area contributed by atoms with Gasteiger partial charge in [-0.2, -0.15) is 0 Å². The number of methoxy groups -OCH3 is 1. The molecule has 4 heteroatoms. The highest BCUT2D eigenvalue weighted by Gasteiger charge is 2.44. The van der Waals surface area contributed by atoms with Gasteiger partial charge in [0.1, 0.15) is 5.75 Å². The Morgan fingerprint density at radius 1 is 1.33 bits per heavy atom. The van der Waals surface area contributed by atoms with Crippen LogP contribution in [0, 0.1) is 11.3 Å². The molecule has 1 aromatic carbocycles. The molecule has 1 aromatic rings. The van der Waals surface area contributed by atoms with Crippen LogP contribution < -0.4 is 15.4 Å². The molecule has 21 heavy (non-hydrogen) atoms. The first-order valence-corrected chi connectivity index (χ1v) is 7.66. The van der Waals surface area contributed by atoms with Gasteiger partial charge < -0.3 is 15.4 Å². The van der Waals surface area contributed by atoms with E-state index in [0.29, 0.717) is 5.92 Å². The van der Waals surface area contributed by atoms with Crippen LogP contribution >= 0.6 is 0 Å². The molecular weight excluding hydrogens is 264 g/mol. The number of para-hydroxylation sites is 1. The molecule has 1 saturated heterocycles. The standard InChI is InChI=1S/C17H26N2O2/c1-12(2)17(9-10-18-11-17)16(20)19-13(3)14-7-5-6-8-15(14)21-4/h5-8,12-13,18H,9-11H2,1-4H3,(H,19,20). The molecule has 0 bridgehead atoms. The van der Waals surface area contributed by atoms with Crippen LogP contribution in [0.1, 0.15) is 38.8 Å². The van der Waals surface area contributed by atoms with E-state index in [-0.39, 0.29) is 17.4 Å². The van der Waals surface area contributed by atoms with Gasteiger partial charge in [0.25, 0.3) is 0 Å². The molecule has 0 saturated carbocycles. The Bertz CT molecular complexity index is 493. The lowest BCUT2D eigenvalue weighted by Gasteiger charge is -2.32. The predicted molar refractivity (Wildman–Crippen MR) is 84.3 cm³/mol. The summed E-state index contributed by atoms with van der Waals surface area (Å²) in [6, 6.07) is 7.76. The van der Waals surface area contributed by atoms with Crippen LogP contribution in [0.15, 0.2) is 24.3 Å². The summed E-state index contributed by atoms with van der Waals surface area (Å²) in [5, 5.41) is 6.50. The largest absolute Gasteiger partial charge is 0.496 e. The van der Waals surface area contributed by atoms with Gasteiger partial charge in [-0.05, 0) is 31.9 Å². The number of hydrogen-bond acceptors (Lipinski definition) is 3. The molecule has 0 aliphatic carbocycles. The minimum Gasteiger partial charge on any atom is -0.496 e. The van der Waals surface area contributed by atoms with Crippen molar-refractivity contribution < 1.29 is 9.53 Å². The Kier molecular flexibility index (Phi) is 4.88. The topological polar surface area (TPSA) is 50.4 Å². The molecule has 116 valence electrons. The number of carbonyl (C=O) groups excluding carboxylic acids is 1. The lowest BCUT2D eigenvalue weighted by molar-refractivity contribution is -0.133. The van der Waals surface area contributed by atoms with Crippen molar-refractivity contribution in [2.75, 3.05) is 20.2 Å². The molecule has 2 N–H and O–H groups in total. The number of nitrogens with one attached hydrogen (secondary N) is 2. The Balaban J connectivity index is 2.15. The monoisotopic (exact) mass is 290 g/mol. The van der Waals surface area contributed by atoms with Crippen molar-refractivity contribution in [3.63, 3.8) is 0 Å². The van der Waals surface area contributed by atoms with Gasteiger partial charge in [-0.1, -0.05) is 32.0 Å². The van der Waals surface area contributed by atoms with Crippen LogP contribution in [0.3, 0.4) is 0 Å². The fraction of sp³-hybridized carbons (Fsp3) is 0.588. The van der Waals surface area contributed by atoms with Crippen molar-refractivity contribution in [3.8, 4) is 5.75 Å². The van der Waals surface area contributed by atoms with E-state index in [1.807, 2.05) is 31.2 Å². The van der Waals surface area contributed by atoms with Gasteiger partial charge in [0, 0.05) is 12.1 Å². The van der Waals surface area contributed by atoms with Gasteiger partial charge in [-0.3, -0.25) is 4.79 Å². The van der Waals surface area contributed by atoms with E-state index in [1.165, 1.54) is 0 Å². The van der Waals surface area contributed by atoms with Gasteiger partial charge in [-0.25, -0.2) is 0 Å². The van der Waals surface area contributed by atoms with Gasteiger partial charge >= 0.3 is 0 Å². The van der Waals surface area contributed by atoms with E-state index in [1.54, 1.807) is 7.11 Å². The van der Waals surface area contributed by atoms with Gasteiger partial charge in [-0.15, -0.1) is 0 Å². The average Bonchev–Trinajstić information content (AvgIpc) is 2.98. The summed E-state index contributed by atoms with van der Waals surface area (Å²) in [6.07, 6.45) is 0.898. The summed E-state index contributed by atoms with van der Waals surface area (Å²) in [6.45, 7) is 7.93. The highest BCUT2D eigenvalue weighted by molar-refractivity contribution is 5.84. The molecule has 2 rings (SSSR count). The summed E-state index contributed by atoms with van der Waals surface area (Å²) < 4.78 is 5.38.